The van der Waals surface area contributed by atoms with Gasteiger partial charge in [-0.1, -0.05) is 13.8 Å². The van der Waals surface area contributed by atoms with E-state index in [1.165, 1.54) is 0 Å². The van der Waals surface area contributed by atoms with Crippen molar-refractivity contribution in [3.8, 4) is 22.8 Å². The van der Waals surface area contributed by atoms with Gasteiger partial charge in [0.05, 0.1) is 5.69 Å². The summed E-state index contributed by atoms with van der Waals surface area (Å²) in [6.07, 6.45) is 3.41. The summed E-state index contributed by atoms with van der Waals surface area (Å²) in [5.74, 6) is 0.507. The lowest BCUT2D eigenvalue weighted by Gasteiger charge is -1.91. The molecule has 0 unspecified atom stereocenters. The van der Waals surface area contributed by atoms with Crippen LogP contribution in [0, 0.1) is 0 Å². The molecule has 0 spiro atoms. The predicted molar refractivity (Wildman–Crippen MR) is 74.9 cm³/mol. The fourth-order valence-corrected chi connectivity index (χ4v) is 1.92. The van der Waals surface area contributed by atoms with Crippen LogP contribution in [0.4, 0.5) is 0 Å². The van der Waals surface area contributed by atoms with Gasteiger partial charge >= 0.3 is 4.87 Å². The summed E-state index contributed by atoms with van der Waals surface area (Å²) in [6, 6.07) is 5.56. The average molecular weight is 275 g/mol. The Bertz CT molecular complexity index is 685. The highest BCUT2D eigenvalue weighted by molar-refractivity contribution is 7.03. The van der Waals surface area contributed by atoms with Crippen molar-refractivity contribution in [3.05, 3.63) is 40.3 Å². The Labute approximate surface area is 113 Å². The number of H-pyrrole nitrogens is 2. The highest BCUT2D eigenvalue weighted by Gasteiger charge is 2.08. The Hall–Kier alpha value is -2.28. The van der Waals surface area contributed by atoms with E-state index in [-0.39, 0.29) is 4.87 Å². The summed E-state index contributed by atoms with van der Waals surface area (Å²) in [6.45, 7) is 4.00. The zero-order valence-electron chi connectivity index (χ0n) is 10.5. The Kier molecular flexibility index (Phi) is 4.19. The van der Waals surface area contributed by atoms with Gasteiger partial charge in [0.15, 0.2) is 5.82 Å². The third-order valence-electron chi connectivity index (χ3n) is 2.25. The molecule has 0 aromatic carbocycles. The van der Waals surface area contributed by atoms with Crippen LogP contribution in [-0.2, 0) is 0 Å². The van der Waals surface area contributed by atoms with Gasteiger partial charge in [-0.15, -0.1) is 0 Å². The molecule has 2 N–H and O–H groups in total. The number of rotatable bonds is 2. The quantitative estimate of drug-likeness (QED) is 0.751. The molecule has 0 bridgehead atoms. The first-order chi connectivity index (χ1) is 9.33. The number of aromatic nitrogens is 5. The van der Waals surface area contributed by atoms with E-state index in [0.717, 1.165) is 22.8 Å². The summed E-state index contributed by atoms with van der Waals surface area (Å²) in [7, 11) is 0. The summed E-state index contributed by atoms with van der Waals surface area (Å²) in [5.41, 5.74) is 2.44. The second-order valence-electron chi connectivity index (χ2n) is 3.35. The fourth-order valence-electron chi connectivity index (χ4n) is 1.46. The van der Waals surface area contributed by atoms with Crippen LogP contribution in [0.25, 0.3) is 22.8 Å². The van der Waals surface area contributed by atoms with Crippen LogP contribution in [0.1, 0.15) is 13.8 Å². The van der Waals surface area contributed by atoms with Crippen LogP contribution in [0.2, 0.25) is 0 Å². The van der Waals surface area contributed by atoms with E-state index in [9.17, 15) is 4.79 Å². The molecule has 3 aromatic heterocycles. The van der Waals surface area contributed by atoms with Gasteiger partial charge in [0.1, 0.15) is 5.69 Å². The first-order valence-electron chi connectivity index (χ1n) is 5.85. The van der Waals surface area contributed by atoms with Gasteiger partial charge in [0.2, 0.25) is 0 Å². The maximum absolute atomic E-state index is 11.0. The first kappa shape index (κ1) is 13.2. The van der Waals surface area contributed by atoms with E-state index in [2.05, 4.69) is 24.5 Å². The van der Waals surface area contributed by atoms with Crippen molar-refractivity contribution in [2.24, 2.45) is 0 Å². The maximum atomic E-state index is 11.0. The van der Waals surface area contributed by atoms with Crippen molar-refractivity contribution >= 4 is 11.5 Å². The number of pyridine rings is 1. The van der Waals surface area contributed by atoms with Crippen molar-refractivity contribution in [2.45, 2.75) is 13.8 Å². The lowest BCUT2D eigenvalue weighted by molar-refractivity contribution is 1.08. The van der Waals surface area contributed by atoms with Gasteiger partial charge < -0.3 is 0 Å². The molecule has 0 atom stereocenters. The second-order valence-corrected chi connectivity index (χ2v) is 4.08. The number of aromatic amines is 2. The highest BCUT2D eigenvalue weighted by Crippen LogP contribution is 2.20. The molecule has 0 amide bonds. The molecular formula is C12H13N5OS. The minimum absolute atomic E-state index is 0.180. The number of nitrogens with zero attached hydrogens (tertiary/aromatic N) is 3. The molecule has 0 saturated heterocycles. The largest absolute Gasteiger partial charge is 0.323 e. The summed E-state index contributed by atoms with van der Waals surface area (Å²) < 4.78 is 3.98. The third-order valence-corrected chi connectivity index (χ3v) is 2.79. The molecule has 3 heterocycles. The second kappa shape index (κ2) is 6.05. The fraction of sp³-hybridized carbons (Fsp3) is 0.167. The molecule has 0 saturated carbocycles. The molecule has 0 aliphatic rings. The predicted octanol–water partition coefficient (Wildman–Crippen LogP) is 2.31. The minimum atomic E-state index is -0.180. The molecule has 0 aliphatic heterocycles. The van der Waals surface area contributed by atoms with Gasteiger partial charge in [-0.25, -0.2) is 0 Å². The van der Waals surface area contributed by atoms with Gasteiger partial charge in [0, 0.05) is 29.5 Å². The normalized spacial score (nSPS) is 9.79. The molecule has 19 heavy (non-hydrogen) atoms. The van der Waals surface area contributed by atoms with Crippen LogP contribution in [0.3, 0.4) is 0 Å². The summed E-state index contributed by atoms with van der Waals surface area (Å²) in [4.78, 5) is 17.4. The van der Waals surface area contributed by atoms with Crippen LogP contribution in [0.15, 0.2) is 35.4 Å². The highest BCUT2D eigenvalue weighted by atomic mass is 32.1. The van der Waals surface area contributed by atoms with E-state index in [1.807, 2.05) is 32.0 Å². The Morgan fingerprint density at radius 3 is 2.58 bits per heavy atom. The molecule has 98 valence electrons. The summed E-state index contributed by atoms with van der Waals surface area (Å²) >= 11 is 0.885. The SMILES string of the molecule is CC.O=c1[nH]c(-c2cc(-c3ccncc3)n[nH]2)ns1. The van der Waals surface area contributed by atoms with Crippen LogP contribution in [0.5, 0.6) is 0 Å². The summed E-state index contributed by atoms with van der Waals surface area (Å²) in [5, 5.41) is 7.00. The van der Waals surface area contributed by atoms with Gasteiger partial charge in [-0.2, -0.15) is 9.47 Å². The third kappa shape index (κ3) is 2.94. The van der Waals surface area contributed by atoms with Crippen LogP contribution >= 0.6 is 11.5 Å². The zero-order chi connectivity index (χ0) is 13.7. The lowest BCUT2D eigenvalue weighted by atomic mass is 10.2. The maximum Gasteiger partial charge on any atom is 0.323 e. The molecule has 7 heteroatoms. The molecule has 0 aliphatic carbocycles. The first-order valence-corrected chi connectivity index (χ1v) is 6.62. The van der Waals surface area contributed by atoms with Crippen LogP contribution in [-0.4, -0.2) is 24.5 Å². The number of hydrogen-bond acceptors (Lipinski definition) is 5. The van der Waals surface area contributed by atoms with Gasteiger partial charge in [0.25, 0.3) is 0 Å². The standard InChI is InChI=1S/C10H7N5OS.C2H6/c16-10-12-9(15-17-10)8-5-7(13-14-8)6-1-3-11-4-2-6;1-2/h1-5H,(H,13,14)(H,12,15,16);1-2H3. The smallest absolute Gasteiger partial charge is 0.294 e. The lowest BCUT2D eigenvalue weighted by Crippen LogP contribution is -1.92. The van der Waals surface area contributed by atoms with Crippen molar-refractivity contribution in [1.29, 1.82) is 0 Å². The van der Waals surface area contributed by atoms with E-state index < -0.39 is 0 Å². The van der Waals surface area contributed by atoms with Crippen LogP contribution < -0.4 is 4.87 Å². The number of nitrogens with one attached hydrogen (secondary N) is 2. The minimum Gasteiger partial charge on any atom is -0.294 e. The van der Waals surface area contributed by atoms with Crippen molar-refractivity contribution in [3.63, 3.8) is 0 Å². The monoisotopic (exact) mass is 275 g/mol. The molecule has 0 fully saturated rings. The Balaban J connectivity index is 0.000000637. The van der Waals surface area contributed by atoms with Crippen molar-refractivity contribution in [1.82, 2.24) is 24.5 Å². The Morgan fingerprint density at radius 1 is 1.21 bits per heavy atom. The average Bonchev–Trinajstić information content (AvgIpc) is 3.10. The molecule has 3 aromatic rings. The van der Waals surface area contributed by atoms with Gasteiger partial charge in [-0.05, 0) is 18.2 Å². The molecular weight excluding hydrogens is 262 g/mol. The van der Waals surface area contributed by atoms with Gasteiger partial charge in [-0.3, -0.25) is 19.9 Å². The Morgan fingerprint density at radius 2 is 1.95 bits per heavy atom. The van der Waals surface area contributed by atoms with Crippen molar-refractivity contribution < 1.29 is 0 Å². The topological polar surface area (TPSA) is 87.3 Å². The van der Waals surface area contributed by atoms with Crippen molar-refractivity contribution in [2.75, 3.05) is 0 Å². The van der Waals surface area contributed by atoms with E-state index in [1.54, 1.807) is 12.4 Å². The van der Waals surface area contributed by atoms with E-state index in [4.69, 9.17) is 0 Å². The zero-order valence-corrected chi connectivity index (χ0v) is 11.4. The molecule has 3 rings (SSSR count). The van der Waals surface area contributed by atoms with E-state index >= 15 is 0 Å². The molecule has 0 radical (unpaired) electrons. The molecule has 6 nitrogen and oxygen atoms in total. The van der Waals surface area contributed by atoms with E-state index in [0.29, 0.717) is 11.5 Å². The number of hydrogen-bond donors (Lipinski definition) is 2.